The molecule has 5 heteroatoms. The Morgan fingerprint density at radius 1 is 1.16 bits per heavy atom. The molecule has 0 spiro atoms. The van der Waals surface area contributed by atoms with E-state index in [2.05, 4.69) is 46.1 Å². The molecule has 1 unspecified atom stereocenters. The van der Waals surface area contributed by atoms with E-state index in [0.29, 0.717) is 5.69 Å². The zero-order valence-electron chi connectivity index (χ0n) is 14.4. The van der Waals surface area contributed by atoms with Crippen LogP contribution in [-0.2, 0) is 0 Å². The standard InChI is InChI=1S/C20H22N4O/c1-2-16-14-23(17-6-4-3-5-7-17)12-13-24(16)20(25)18-9-8-15-10-11-21-19(15)22-18/h3-11,16H,2,12-14H2,1H3,(H,21,22). The molecule has 5 nitrogen and oxygen atoms in total. The highest BCUT2D eigenvalue weighted by atomic mass is 16.2. The Kier molecular flexibility index (Phi) is 4.14. The third-order valence-electron chi connectivity index (χ3n) is 4.96. The average Bonchev–Trinajstić information content (AvgIpc) is 3.15. The summed E-state index contributed by atoms with van der Waals surface area (Å²) in [6.45, 7) is 4.56. The molecule has 128 valence electrons. The van der Waals surface area contributed by atoms with E-state index in [1.54, 1.807) is 0 Å². The third kappa shape index (κ3) is 2.97. The second-order valence-corrected chi connectivity index (χ2v) is 6.45. The topological polar surface area (TPSA) is 52.2 Å². The number of nitrogens with zero attached hydrogens (tertiary/aromatic N) is 3. The van der Waals surface area contributed by atoms with Gasteiger partial charge in [-0.15, -0.1) is 0 Å². The highest BCUT2D eigenvalue weighted by molar-refractivity contribution is 5.94. The number of piperazine rings is 1. The number of pyridine rings is 1. The fourth-order valence-corrected chi connectivity index (χ4v) is 3.54. The number of carbonyl (C=O) groups excluding carboxylic acids is 1. The predicted molar refractivity (Wildman–Crippen MR) is 99.9 cm³/mol. The van der Waals surface area contributed by atoms with E-state index in [9.17, 15) is 4.79 Å². The number of para-hydroxylation sites is 1. The molecule has 1 amide bonds. The minimum Gasteiger partial charge on any atom is -0.368 e. The molecule has 1 atom stereocenters. The van der Waals surface area contributed by atoms with Crippen LogP contribution in [0.25, 0.3) is 11.0 Å². The minimum atomic E-state index is 0.0241. The molecule has 0 radical (unpaired) electrons. The lowest BCUT2D eigenvalue weighted by molar-refractivity contribution is 0.0646. The molecular formula is C20H22N4O. The average molecular weight is 334 g/mol. The van der Waals surface area contributed by atoms with Crippen molar-refractivity contribution in [2.75, 3.05) is 24.5 Å². The van der Waals surface area contributed by atoms with E-state index >= 15 is 0 Å². The van der Waals surface area contributed by atoms with Gasteiger partial charge in [0, 0.05) is 42.9 Å². The van der Waals surface area contributed by atoms with Gasteiger partial charge < -0.3 is 14.8 Å². The fourth-order valence-electron chi connectivity index (χ4n) is 3.54. The molecule has 25 heavy (non-hydrogen) atoms. The van der Waals surface area contributed by atoms with Crippen molar-refractivity contribution in [3.05, 3.63) is 60.4 Å². The van der Waals surface area contributed by atoms with Gasteiger partial charge in [0.05, 0.1) is 0 Å². The Labute approximate surface area is 147 Å². The maximum absolute atomic E-state index is 13.0. The van der Waals surface area contributed by atoms with Crippen molar-refractivity contribution in [3.8, 4) is 0 Å². The number of fused-ring (bicyclic) bond motifs is 1. The SMILES string of the molecule is CCC1CN(c2ccccc2)CCN1C(=O)c1ccc2cc[nH]c2n1. The number of H-pyrrole nitrogens is 1. The quantitative estimate of drug-likeness (QED) is 0.799. The zero-order chi connectivity index (χ0) is 17.2. The summed E-state index contributed by atoms with van der Waals surface area (Å²) in [5.74, 6) is 0.0241. The van der Waals surface area contributed by atoms with Gasteiger partial charge in [-0.1, -0.05) is 25.1 Å². The van der Waals surface area contributed by atoms with Crippen molar-refractivity contribution in [3.63, 3.8) is 0 Å². The summed E-state index contributed by atoms with van der Waals surface area (Å²) >= 11 is 0. The normalized spacial score (nSPS) is 17.9. The van der Waals surface area contributed by atoms with Gasteiger partial charge in [0.25, 0.3) is 5.91 Å². The largest absolute Gasteiger partial charge is 0.368 e. The van der Waals surface area contributed by atoms with Crippen molar-refractivity contribution in [1.82, 2.24) is 14.9 Å². The number of hydrogen-bond acceptors (Lipinski definition) is 3. The number of aromatic amines is 1. The summed E-state index contributed by atoms with van der Waals surface area (Å²) in [4.78, 5) is 24.9. The summed E-state index contributed by atoms with van der Waals surface area (Å²) in [6.07, 6.45) is 2.78. The number of amides is 1. The molecule has 2 aromatic heterocycles. The van der Waals surface area contributed by atoms with Gasteiger partial charge in [0.2, 0.25) is 0 Å². The van der Waals surface area contributed by atoms with Crippen molar-refractivity contribution >= 4 is 22.6 Å². The van der Waals surface area contributed by atoms with E-state index in [0.717, 1.165) is 37.1 Å². The van der Waals surface area contributed by atoms with Gasteiger partial charge in [-0.25, -0.2) is 4.98 Å². The Morgan fingerprint density at radius 3 is 2.80 bits per heavy atom. The van der Waals surface area contributed by atoms with Crippen LogP contribution in [0.2, 0.25) is 0 Å². The Bertz CT molecular complexity index is 874. The zero-order valence-corrected chi connectivity index (χ0v) is 14.4. The Hall–Kier alpha value is -2.82. The van der Waals surface area contributed by atoms with Crippen molar-refractivity contribution in [2.24, 2.45) is 0 Å². The van der Waals surface area contributed by atoms with Gasteiger partial charge >= 0.3 is 0 Å². The molecular weight excluding hydrogens is 312 g/mol. The molecule has 1 N–H and O–H groups in total. The van der Waals surface area contributed by atoms with E-state index in [1.807, 2.05) is 35.4 Å². The maximum Gasteiger partial charge on any atom is 0.272 e. The first-order valence-corrected chi connectivity index (χ1v) is 8.81. The molecule has 3 heterocycles. The highest BCUT2D eigenvalue weighted by Crippen LogP contribution is 2.22. The number of carbonyl (C=O) groups is 1. The first-order chi connectivity index (χ1) is 12.3. The number of anilines is 1. The van der Waals surface area contributed by atoms with Crippen LogP contribution in [0.15, 0.2) is 54.7 Å². The van der Waals surface area contributed by atoms with Crippen LogP contribution >= 0.6 is 0 Å². The summed E-state index contributed by atoms with van der Waals surface area (Å²) in [7, 11) is 0. The molecule has 3 aromatic rings. The summed E-state index contributed by atoms with van der Waals surface area (Å²) < 4.78 is 0. The van der Waals surface area contributed by atoms with Crippen LogP contribution in [0.3, 0.4) is 0 Å². The van der Waals surface area contributed by atoms with Crippen LogP contribution in [0.5, 0.6) is 0 Å². The molecule has 1 saturated heterocycles. The lowest BCUT2D eigenvalue weighted by Crippen LogP contribution is -2.55. The monoisotopic (exact) mass is 334 g/mol. The molecule has 1 aliphatic heterocycles. The lowest BCUT2D eigenvalue weighted by atomic mass is 10.1. The number of aromatic nitrogens is 2. The summed E-state index contributed by atoms with van der Waals surface area (Å²) in [5.41, 5.74) is 2.50. The summed E-state index contributed by atoms with van der Waals surface area (Å²) in [6, 6.07) is 16.3. The first kappa shape index (κ1) is 15.7. The second-order valence-electron chi connectivity index (χ2n) is 6.45. The lowest BCUT2D eigenvalue weighted by Gasteiger charge is -2.42. The van der Waals surface area contributed by atoms with Gasteiger partial charge in [0.15, 0.2) is 0 Å². The van der Waals surface area contributed by atoms with Crippen LogP contribution < -0.4 is 4.90 Å². The Morgan fingerprint density at radius 2 is 2.00 bits per heavy atom. The fraction of sp³-hybridized carbons (Fsp3) is 0.300. The summed E-state index contributed by atoms with van der Waals surface area (Å²) in [5, 5.41) is 1.03. The smallest absolute Gasteiger partial charge is 0.272 e. The molecule has 1 fully saturated rings. The van der Waals surface area contributed by atoms with Gasteiger partial charge in [0.1, 0.15) is 11.3 Å². The van der Waals surface area contributed by atoms with Gasteiger partial charge in [-0.05, 0) is 36.8 Å². The number of benzene rings is 1. The first-order valence-electron chi connectivity index (χ1n) is 8.81. The van der Waals surface area contributed by atoms with Crippen molar-refractivity contribution in [2.45, 2.75) is 19.4 Å². The van der Waals surface area contributed by atoms with E-state index < -0.39 is 0 Å². The van der Waals surface area contributed by atoms with Crippen LogP contribution in [0.4, 0.5) is 5.69 Å². The van der Waals surface area contributed by atoms with E-state index in [1.165, 1.54) is 5.69 Å². The van der Waals surface area contributed by atoms with Crippen LogP contribution in [0.1, 0.15) is 23.8 Å². The second kappa shape index (κ2) is 6.59. The molecule has 4 rings (SSSR count). The van der Waals surface area contributed by atoms with Crippen molar-refractivity contribution in [1.29, 1.82) is 0 Å². The molecule has 1 aromatic carbocycles. The van der Waals surface area contributed by atoms with Crippen LogP contribution in [-0.4, -0.2) is 46.5 Å². The molecule has 0 saturated carbocycles. The number of rotatable bonds is 3. The molecule has 0 bridgehead atoms. The number of hydrogen-bond donors (Lipinski definition) is 1. The van der Waals surface area contributed by atoms with E-state index in [-0.39, 0.29) is 11.9 Å². The highest BCUT2D eigenvalue weighted by Gasteiger charge is 2.30. The van der Waals surface area contributed by atoms with Gasteiger partial charge in [-0.2, -0.15) is 0 Å². The number of nitrogens with one attached hydrogen (secondary N) is 1. The van der Waals surface area contributed by atoms with E-state index in [4.69, 9.17) is 0 Å². The maximum atomic E-state index is 13.0. The van der Waals surface area contributed by atoms with Gasteiger partial charge in [-0.3, -0.25) is 4.79 Å². The molecule has 1 aliphatic rings. The predicted octanol–water partition coefficient (Wildman–Crippen LogP) is 3.30. The molecule has 0 aliphatic carbocycles. The van der Waals surface area contributed by atoms with Crippen LogP contribution in [0, 0.1) is 0 Å². The Balaban J connectivity index is 1.54. The van der Waals surface area contributed by atoms with Crippen molar-refractivity contribution < 1.29 is 4.79 Å². The minimum absolute atomic E-state index is 0.0241. The third-order valence-corrected chi connectivity index (χ3v) is 4.96.